The van der Waals surface area contributed by atoms with Crippen molar-refractivity contribution in [2.45, 2.75) is 32.1 Å². The first-order valence-electron chi connectivity index (χ1n) is 6.55. The molecule has 0 bridgehead atoms. The van der Waals surface area contributed by atoms with Gasteiger partial charge >= 0.3 is 0 Å². The summed E-state index contributed by atoms with van der Waals surface area (Å²) in [6.07, 6.45) is 5.31. The summed E-state index contributed by atoms with van der Waals surface area (Å²) in [7, 11) is 0. The second kappa shape index (κ2) is 5.33. The third-order valence-electron chi connectivity index (χ3n) is 3.65. The topological polar surface area (TPSA) is 18.5 Å². The van der Waals surface area contributed by atoms with Gasteiger partial charge in [-0.25, -0.2) is 0 Å². The van der Waals surface area contributed by atoms with Crippen molar-refractivity contribution in [1.29, 1.82) is 0 Å². The molecule has 3 rings (SSSR count). The Morgan fingerprint density at radius 2 is 1.67 bits per heavy atom. The Balaban J connectivity index is 2.20. The lowest BCUT2D eigenvalue weighted by Gasteiger charge is -2.29. The van der Waals surface area contributed by atoms with Gasteiger partial charge in [-0.15, -0.1) is 0 Å². The van der Waals surface area contributed by atoms with Crippen LogP contribution in [0, 0.1) is 0 Å². The summed E-state index contributed by atoms with van der Waals surface area (Å²) in [6.45, 7) is 1.66. The van der Waals surface area contributed by atoms with Crippen LogP contribution in [-0.2, 0) is 19.3 Å². The zero-order chi connectivity index (χ0) is 12.5. The van der Waals surface area contributed by atoms with E-state index in [4.69, 9.17) is 9.47 Å². The van der Waals surface area contributed by atoms with Gasteiger partial charge in [0.15, 0.2) is 0 Å². The van der Waals surface area contributed by atoms with E-state index in [0.29, 0.717) is 0 Å². The number of halogens is 1. The Bertz CT molecular complexity index is 436. The van der Waals surface area contributed by atoms with Gasteiger partial charge in [-0.1, -0.05) is 0 Å². The van der Waals surface area contributed by atoms with Crippen LogP contribution in [0.25, 0.3) is 0 Å². The first-order valence-corrected chi connectivity index (χ1v) is 7.98. The minimum Gasteiger partial charge on any atom is -0.493 e. The molecule has 2 nitrogen and oxygen atoms in total. The van der Waals surface area contributed by atoms with Crippen LogP contribution in [0.5, 0.6) is 11.5 Å². The van der Waals surface area contributed by atoms with Crippen molar-refractivity contribution in [3.05, 3.63) is 21.2 Å². The SMILES string of the molecule is SCCc1c2c(c(Br)c3c1OCCC3)OCCC2. The van der Waals surface area contributed by atoms with Gasteiger partial charge in [-0.2, -0.15) is 12.6 Å². The molecule has 1 aromatic carbocycles. The van der Waals surface area contributed by atoms with Crippen LogP contribution in [0.2, 0.25) is 0 Å². The van der Waals surface area contributed by atoms with Gasteiger partial charge in [0.2, 0.25) is 0 Å². The molecule has 0 fully saturated rings. The molecule has 0 atom stereocenters. The van der Waals surface area contributed by atoms with Crippen molar-refractivity contribution in [3.63, 3.8) is 0 Å². The Labute approximate surface area is 122 Å². The Hall–Kier alpha value is -0.350. The third kappa shape index (κ3) is 2.03. The lowest BCUT2D eigenvalue weighted by Crippen LogP contribution is -2.18. The number of benzene rings is 1. The molecule has 0 radical (unpaired) electrons. The Morgan fingerprint density at radius 3 is 2.39 bits per heavy atom. The number of ether oxygens (including phenoxy) is 2. The molecular weight excluding hydrogens is 312 g/mol. The van der Waals surface area contributed by atoms with E-state index in [2.05, 4.69) is 28.6 Å². The second-order valence-corrected chi connectivity index (χ2v) is 6.03. The maximum atomic E-state index is 5.93. The molecule has 18 heavy (non-hydrogen) atoms. The lowest BCUT2D eigenvalue weighted by atomic mass is 9.92. The van der Waals surface area contributed by atoms with Crippen molar-refractivity contribution < 1.29 is 9.47 Å². The fourth-order valence-corrected chi connectivity index (χ4v) is 3.82. The molecule has 0 amide bonds. The quantitative estimate of drug-likeness (QED) is 0.836. The highest BCUT2D eigenvalue weighted by molar-refractivity contribution is 9.10. The molecule has 4 heteroatoms. The monoisotopic (exact) mass is 328 g/mol. The van der Waals surface area contributed by atoms with Gasteiger partial charge in [0.1, 0.15) is 11.5 Å². The summed E-state index contributed by atoms with van der Waals surface area (Å²) >= 11 is 8.10. The molecule has 2 heterocycles. The van der Waals surface area contributed by atoms with E-state index in [-0.39, 0.29) is 0 Å². The standard InChI is InChI=1S/C14H17BrO2S/c15-12-11-4-2-6-16-13(11)10(5-8-18)9-3-1-7-17-14(9)12/h18H,1-8H2. The summed E-state index contributed by atoms with van der Waals surface area (Å²) in [5, 5.41) is 0. The van der Waals surface area contributed by atoms with Crippen LogP contribution in [0.1, 0.15) is 29.5 Å². The van der Waals surface area contributed by atoms with E-state index >= 15 is 0 Å². The maximum absolute atomic E-state index is 5.93. The van der Waals surface area contributed by atoms with Crippen molar-refractivity contribution >= 4 is 28.6 Å². The van der Waals surface area contributed by atoms with Crippen LogP contribution < -0.4 is 9.47 Å². The molecule has 0 spiro atoms. The van der Waals surface area contributed by atoms with E-state index in [9.17, 15) is 0 Å². The molecule has 2 aliphatic heterocycles. The molecule has 1 aromatic rings. The number of hydrogen-bond donors (Lipinski definition) is 1. The third-order valence-corrected chi connectivity index (χ3v) is 4.71. The molecule has 0 unspecified atom stereocenters. The molecule has 2 aliphatic rings. The summed E-state index contributed by atoms with van der Waals surface area (Å²) in [5.74, 6) is 3.01. The first-order chi connectivity index (χ1) is 8.83. The largest absolute Gasteiger partial charge is 0.493 e. The van der Waals surface area contributed by atoms with Crippen molar-refractivity contribution in [2.24, 2.45) is 0 Å². The van der Waals surface area contributed by atoms with Crippen molar-refractivity contribution in [2.75, 3.05) is 19.0 Å². The average Bonchev–Trinajstić information content (AvgIpc) is 2.43. The zero-order valence-corrected chi connectivity index (χ0v) is 12.8. The molecule has 0 aromatic heterocycles. The van der Waals surface area contributed by atoms with Gasteiger partial charge in [0.05, 0.1) is 17.7 Å². The van der Waals surface area contributed by atoms with Crippen LogP contribution in [0.3, 0.4) is 0 Å². The lowest BCUT2D eigenvalue weighted by molar-refractivity contribution is 0.267. The predicted octanol–water partition coefficient (Wildman–Crippen LogP) is 3.57. The van der Waals surface area contributed by atoms with Crippen LogP contribution in [0.4, 0.5) is 0 Å². The highest BCUT2D eigenvalue weighted by Gasteiger charge is 2.27. The number of fused-ring (bicyclic) bond motifs is 2. The molecule has 0 saturated heterocycles. The highest BCUT2D eigenvalue weighted by atomic mass is 79.9. The minimum atomic E-state index is 0.825. The van der Waals surface area contributed by atoms with Crippen LogP contribution >= 0.6 is 28.6 Å². The second-order valence-electron chi connectivity index (χ2n) is 4.79. The summed E-state index contributed by atoms with van der Waals surface area (Å²) < 4.78 is 12.9. The van der Waals surface area contributed by atoms with Crippen LogP contribution in [0.15, 0.2) is 4.47 Å². The van der Waals surface area contributed by atoms with Crippen molar-refractivity contribution in [3.8, 4) is 11.5 Å². The minimum absolute atomic E-state index is 0.825. The summed E-state index contributed by atoms with van der Waals surface area (Å²) in [6, 6.07) is 0. The van der Waals surface area contributed by atoms with Gasteiger partial charge in [0, 0.05) is 16.7 Å². The Morgan fingerprint density at radius 1 is 1.00 bits per heavy atom. The van der Waals surface area contributed by atoms with Gasteiger partial charge < -0.3 is 9.47 Å². The van der Waals surface area contributed by atoms with E-state index in [1.54, 1.807) is 0 Å². The molecule has 0 saturated carbocycles. The van der Waals surface area contributed by atoms with Gasteiger partial charge in [-0.05, 0) is 53.8 Å². The number of rotatable bonds is 2. The maximum Gasteiger partial charge on any atom is 0.137 e. The van der Waals surface area contributed by atoms with E-state index in [0.717, 1.165) is 67.0 Å². The van der Waals surface area contributed by atoms with E-state index < -0.39 is 0 Å². The molecule has 0 N–H and O–H groups in total. The normalized spacial score (nSPS) is 17.4. The van der Waals surface area contributed by atoms with Gasteiger partial charge in [0.25, 0.3) is 0 Å². The highest BCUT2D eigenvalue weighted by Crippen LogP contribution is 2.46. The average molecular weight is 329 g/mol. The van der Waals surface area contributed by atoms with Crippen molar-refractivity contribution in [1.82, 2.24) is 0 Å². The fraction of sp³-hybridized carbons (Fsp3) is 0.571. The molecular formula is C14H17BrO2S. The van der Waals surface area contributed by atoms with Gasteiger partial charge in [-0.3, -0.25) is 0 Å². The molecule has 98 valence electrons. The predicted molar refractivity (Wildman–Crippen MR) is 79.3 cm³/mol. The van der Waals surface area contributed by atoms with E-state index in [1.165, 1.54) is 16.7 Å². The van der Waals surface area contributed by atoms with Crippen LogP contribution in [-0.4, -0.2) is 19.0 Å². The Kier molecular flexibility index (Phi) is 3.76. The number of thiol groups is 1. The smallest absolute Gasteiger partial charge is 0.137 e. The fourth-order valence-electron chi connectivity index (χ4n) is 2.86. The first kappa shape index (κ1) is 12.7. The van der Waals surface area contributed by atoms with E-state index in [1.807, 2.05) is 0 Å². The number of hydrogen-bond acceptors (Lipinski definition) is 3. The molecule has 0 aliphatic carbocycles. The summed E-state index contributed by atoms with van der Waals surface area (Å²) in [4.78, 5) is 0. The zero-order valence-electron chi connectivity index (χ0n) is 10.3. The summed E-state index contributed by atoms with van der Waals surface area (Å²) in [5.41, 5.74) is 3.96.